The van der Waals surface area contributed by atoms with Crippen molar-refractivity contribution >= 4 is 5.97 Å². The summed E-state index contributed by atoms with van der Waals surface area (Å²) in [5.41, 5.74) is 0.556. The summed E-state index contributed by atoms with van der Waals surface area (Å²) in [6.45, 7) is 5.94. The lowest BCUT2D eigenvalue weighted by molar-refractivity contribution is -0.195. The van der Waals surface area contributed by atoms with Gasteiger partial charge in [-0.3, -0.25) is 0 Å². The number of hydrogen-bond donors (Lipinski definition) is 1. The van der Waals surface area contributed by atoms with Crippen LogP contribution in [0.5, 0.6) is 0 Å². The van der Waals surface area contributed by atoms with Crippen molar-refractivity contribution in [2.45, 2.75) is 57.7 Å². The van der Waals surface area contributed by atoms with Gasteiger partial charge in [0.2, 0.25) is 0 Å². The summed E-state index contributed by atoms with van der Waals surface area (Å²) in [5.74, 6) is -1.96. The van der Waals surface area contributed by atoms with Crippen LogP contribution in [0.2, 0.25) is 0 Å². The van der Waals surface area contributed by atoms with E-state index in [1.54, 1.807) is 13.0 Å². The molecule has 5 nitrogen and oxygen atoms in total. The third-order valence-corrected chi connectivity index (χ3v) is 6.83. The summed E-state index contributed by atoms with van der Waals surface area (Å²) in [7, 11) is 0. The Kier molecular flexibility index (Phi) is 4.89. The van der Waals surface area contributed by atoms with E-state index in [0.29, 0.717) is 18.5 Å². The highest BCUT2D eigenvalue weighted by molar-refractivity contribution is 5.72. The summed E-state index contributed by atoms with van der Waals surface area (Å²) >= 11 is 0. The van der Waals surface area contributed by atoms with Crippen LogP contribution in [0.25, 0.3) is 11.3 Å². The van der Waals surface area contributed by atoms with Crippen molar-refractivity contribution in [3.05, 3.63) is 47.2 Å². The van der Waals surface area contributed by atoms with E-state index in [1.807, 2.05) is 0 Å². The first-order valence-electron chi connectivity index (χ1n) is 10.0. The van der Waals surface area contributed by atoms with Crippen LogP contribution in [0.3, 0.4) is 0 Å². The average Bonchev–Trinajstić information content (AvgIpc) is 2.69. The van der Waals surface area contributed by atoms with Crippen molar-refractivity contribution in [3.63, 3.8) is 0 Å². The molecule has 2 bridgehead atoms. The van der Waals surface area contributed by atoms with Crippen LogP contribution in [-0.4, -0.2) is 27.4 Å². The molecule has 5 rings (SSSR count). The molecule has 0 saturated heterocycles. The molecule has 0 aliphatic heterocycles. The lowest BCUT2D eigenvalue weighted by Crippen LogP contribution is -2.53. The monoisotopic (exact) mass is 402 g/mol. The third-order valence-electron chi connectivity index (χ3n) is 6.83. The summed E-state index contributed by atoms with van der Waals surface area (Å²) in [5, 5.41) is 18.0. The van der Waals surface area contributed by atoms with Gasteiger partial charge in [0.15, 0.2) is 6.10 Å². The molecule has 1 aromatic heterocycles. The molecule has 1 heterocycles. The number of ether oxygens (including phenoxy) is 1. The van der Waals surface area contributed by atoms with Gasteiger partial charge < -0.3 is 9.84 Å². The highest BCUT2D eigenvalue weighted by atomic mass is 19.1. The molecule has 29 heavy (non-hydrogen) atoms. The zero-order valence-electron chi connectivity index (χ0n) is 16.7. The molecule has 1 saturated carbocycles. The molecule has 1 N–H and O–H groups in total. The number of rotatable bonds is 5. The van der Waals surface area contributed by atoms with Crippen molar-refractivity contribution in [1.29, 1.82) is 0 Å². The molecule has 2 aromatic rings. The van der Waals surface area contributed by atoms with Gasteiger partial charge in [-0.1, -0.05) is 26.8 Å². The predicted molar refractivity (Wildman–Crippen MR) is 102 cm³/mol. The SMILES string of the molecule is CC[C@@H](O[C@@]12CC[C@@H](c3cc(-c4c(F)cccc4F)nnc31)C(C)C2C)C(=O)O. The molecular weight excluding hydrogens is 378 g/mol. The van der Waals surface area contributed by atoms with Crippen LogP contribution in [0.15, 0.2) is 24.3 Å². The van der Waals surface area contributed by atoms with E-state index < -0.39 is 29.3 Å². The van der Waals surface area contributed by atoms with Crippen molar-refractivity contribution in [1.82, 2.24) is 10.2 Å². The van der Waals surface area contributed by atoms with Crippen LogP contribution in [-0.2, 0) is 15.1 Å². The van der Waals surface area contributed by atoms with Crippen LogP contribution in [0.1, 0.15) is 57.2 Å². The van der Waals surface area contributed by atoms with Gasteiger partial charge in [-0.05, 0) is 60.8 Å². The number of nitrogens with zero attached hydrogens (tertiary/aromatic N) is 2. The van der Waals surface area contributed by atoms with Gasteiger partial charge >= 0.3 is 5.97 Å². The number of hydrogen-bond acceptors (Lipinski definition) is 4. The highest BCUT2D eigenvalue weighted by Crippen LogP contribution is 2.59. The van der Waals surface area contributed by atoms with Gasteiger partial charge in [0, 0.05) is 0 Å². The van der Waals surface area contributed by atoms with Crippen molar-refractivity contribution in [2.24, 2.45) is 11.8 Å². The minimum atomic E-state index is -1.01. The first kappa shape index (κ1) is 19.9. The molecule has 0 spiro atoms. The van der Waals surface area contributed by atoms with E-state index in [1.165, 1.54) is 18.2 Å². The Balaban J connectivity index is 1.86. The minimum Gasteiger partial charge on any atom is -0.479 e. The second-order valence-corrected chi connectivity index (χ2v) is 8.17. The second-order valence-electron chi connectivity index (χ2n) is 8.17. The third kappa shape index (κ3) is 2.94. The van der Waals surface area contributed by atoms with E-state index >= 15 is 0 Å². The number of carboxylic acids is 1. The number of aromatic nitrogens is 2. The van der Waals surface area contributed by atoms with Crippen LogP contribution in [0.4, 0.5) is 8.78 Å². The van der Waals surface area contributed by atoms with E-state index in [4.69, 9.17) is 4.74 Å². The fourth-order valence-electron chi connectivity index (χ4n) is 5.07. The average molecular weight is 402 g/mol. The molecule has 1 fully saturated rings. The lowest BCUT2D eigenvalue weighted by atomic mass is 9.56. The van der Waals surface area contributed by atoms with Crippen LogP contribution in [0, 0.1) is 23.5 Å². The molecule has 0 radical (unpaired) electrons. The van der Waals surface area contributed by atoms with Crippen LogP contribution < -0.4 is 0 Å². The first-order chi connectivity index (χ1) is 13.8. The number of carboxylic acid groups (broad SMARTS) is 1. The van der Waals surface area contributed by atoms with Crippen LogP contribution >= 0.6 is 0 Å². The number of carbonyl (C=O) groups is 1. The summed E-state index contributed by atoms with van der Waals surface area (Å²) in [6, 6.07) is 5.40. The standard InChI is InChI=1S/C22H24F2N2O3/c1-4-18(21(27)28)29-22-9-8-13(11(2)12(22)3)14-10-17(25-26-20(14)22)19-15(23)6-5-7-16(19)24/h5-7,10-13,18H,4,8-9H2,1-3H3,(H,27,28)/t11?,12?,13-,18-,22-/m1/s1. The molecule has 2 unspecified atom stereocenters. The Bertz CT molecular complexity index is 947. The molecule has 0 amide bonds. The van der Waals surface area contributed by atoms with Gasteiger partial charge in [0.25, 0.3) is 0 Å². The van der Waals surface area contributed by atoms with E-state index in [9.17, 15) is 18.7 Å². The lowest BCUT2D eigenvalue weighted by Gasteiger charge is -2.54. The Morgan fingerprint density at radius 1 is 1.31 bits per heavy atom. The van der Waals surface area contributed by atoms with Gasteiger partial charge in [-0.25, -0.2) is 13.6 Å². The number of halogens is 2. The van der Waals surface area contributed by atoms with Gasteiger partial charge in [0.05, 0.1) is 17.0 Å². The van der Waals surface area contributed by atoms with E-state index in [0.717, 1.165) is 12.0 Å². The Morgan fingerprint density at radius 3 is 2.62 bits per heavy atom. The van der Waals surface area contributed by atoms with Gasteiger partial charge in [0.1, 0.15) is 17.2 Å². The summed E-state index contributed by atoms with van der Waals surface area (Å²) in [4.78, 5) is 11.6. The summed E-state index contributed by atoms with van der Waals surface area (Å²) in [6.07, 6.45) is 0.849. The maximum atomic E-state index is 14.3. The molecule has 5 atom stereocenters. The molecule has 154 valence electrons. The van der Waals surface area contributed by atoms with Gasteiger partial charge in [-0.15, -0.1) is 5.10 Å². The van der Waals surface area contributed by atoms with E-state index in [-0.39, 0.29) is 29.0 Å². The highest BCUT2D eigenvalue weighted by Gasteiger charge is 2.56. The molecule has 1 aromatic carbocycles. The topological polar surface area (TPSA) is 72.3 Å². The quantitative estimate of drug-likeness (QED) is 0.788. The molecular formula is C22H24F2N2O3. The van der Waals surface area contributed by atoms with E-state index in [2.05, 4.69) is 24.0 Å². The summed E-state index contributed by atoms with van der Waals surface area (Å²) < 4.78 is 34.8. The fourth-order valence-corrected chi connectivity index (χ4v) is 5.07. The fraction of sp³-hybridized carbons (Fsp3) is 0.500. The molecule has 7 heteroatoms. The number of benzene rings is 1. The second kappa shape index (κ2) is 7.13. The predicted octanol–water partition coefficient (Wildman–Crippen LogP) is 4.66. The normalized spacial score (nSPS) is 28.8. The largest absolute Gasteiger partial charge is 0.479 e. The zero-order valence-corrected chi connectivity index (χ0v) is 16.7. The number of fused-ring (bicyclic) bond motifs is 2. The Hall–Kier alpha value is -2.41. The Morgan fingerprint density at radius 2 is 2.00 bits per heavy atom. The first-order valence-corrected chi connectivity index (χ1v) is 10.0. The zero-order chi connectivity index (χ0) is 20.9. The molecule has 3 aliphatic rings. The van der Waals surface area contributed by atoms with Crippen molar-refractivity contribution in [2.75, 3.05) is 0 Å². The Labute approximate surface area is 168 Å². The number of aliphatic carboxylic acids is 1. The van der Waals surface area contributed by atoms with Crippen molar-refractivity contribution < 1.29 is 23.4 Å². The minimum absolute atomic E-state index is 0.0486. The van der Waals surface area contributed by atoms with Crippen molar-refractivity contribution in [3.8, 4) is 11.3 Å². The maximum Gasteiger partial charge on any atom is 0.332 e. The maximum absolute atomic E-state index is 14.3. The smallest absolute Gasteiger partial charge is 0.332 e. The van der Waals surface area contributed by atoms with Gasteiger partial charge in [-0.2, -0.15) is 5.10 Å². The molecule has 3 aliphatic carbocycles.